The minimum Gasteiger partial charge on any atom is -0.459 e. The molecule has 1 amide bonds. The summed E-state index contributed by atoms with van der Waals surface area (Å²) >= 11 is 0. The van der Waals surface area contributed by atoms with Gasteiger partial charge in [-0.05, 0) is 42.7 Å². The summed E-state index contributed by atoms with van der Waals surface area (Å²) in [7, 11) is 0. The zero-order chi connectivity index (χ0) is 13.3. The standard InChI is InChI=1S/C15H12N2O2/c16-10-15(7-8-15)11-3-5-12(6-4-11)17-14(18)13-2-1-9-19-13/h1-6,9H,7-8H2,(H,17,18). The van der Waals surface area contributed by atoms with Gasteiger partial charge in [-0.15, -0.1) is 0 Å². The number of anilines is 1. The summed E-state index contributed by atoms with van der Waals surface area (Å²) < 4.78 is 5.02. The van der Waals surface area contributed by atoms with Crippen molar-refractivity contribution >= 4 is 11.6 Å². The number of benzene rings is 1. The molecule has 94 valence electrons. The summed E-state index contributed by atoms with van der Waals surface area (Å²) in [6.07, 6.45) is 3.30. The van der Waals surface area contributed by atoms with E-state index in [1.807, 2.05) is 24.3 Å². The van der Waals surface area contributed by atoms with Crippen LogP contribution in [-0.2, 0) is 5.41 Å². The van der Waals surface area contributed by atoms with E-state index in [0.717, 1.165) is 18.4 Å². The minimum absolute atomic E-state index is 0.278. The third-order valence-corrected chi connectivity index (χ3v) is 3.40. The monoisotopic (exact) mass is 252 g/mol. The zero-order valence-corrected chi connectivity index (χ0v) is 10.2. The Balaban J connectivity index is 1.74. The van der Waals surface area contributed by atoms with Crippen molar-refractivity contribution in [3.8, 4) is 6.07 Å². The van der Waals surface area contributed by atoms with Crippen molar-refractivity contribution in [2.75, 3.05) is 5.32 Å². The average molecular weight is 252 g/mol. The summed E-state index contributed by atoms with van der Waals surface area (Å²) in [6, 6.07) is 13.0. The predicted octanol–water partition coefficient (Wildman–Crippen LogP) is 3.09. The first-order valence-electron chi connectivity index (χ1n) is 6.10. The second-order valence-corrected chi connectivity index (χ2v) is 4.70. The summed E-state index contributed by atoms with van der Waals surface area (Å²) in [4.78, 5) is 11.8. The van der Waals surface area contributed by atoms with Gasteiger partial charge in [0.05, 0.1) is 17.7 Å². The fraction of sp³-hybridized carbons (Fsp3) is 0.200. The van der Waals surface area contributed by atoms with Gasteiger partial charge in [-0.2, -0.15) is 5.26 Å². The van der Waals surface area contributed by atoms with Crippen LogP contribution in [0.4, 0.5) is 5.69 Å². The van der Waals surface area contributed by atoms with Crippen LogP contribution in [0.3, 0.4) is 0 Å². The number of nitriles is 1. The van der Waals surface area contributed by atoms with Gasteiger partial charge < -0.3 is 9.73 Å². The molecule has 2 aromatic rings. The molecule has 0 unspecified atom stereocenters. The highest BCUT2D eigenvalue weighted by Gasteiger charge is 2.44. The van der Waals surface area contributed by atoms with Gasteiger partial charge in [0, 0.05) is 5.69 Å². The molecule has 1 aliphatic rings. The van der Waals surface area contributed by atoms with Crippen molar-refractivity contribution in [2.45, 2.75) is 18.3 Å². The van der Waals surface area contributed by atoms with Crippen molar-refractivity contribution in [2.24, 2.45) is 0 Å². The van der Waals surface area contributed by atoms with E-state index >= 15 is 0 Å². The smallest absolute Gasteiger partial charge is 0.291 e. The van der Waals surface area contributed by atoms with Gasteiger partial charge in [-0.3, -0.25) is 4.79 Å². The molecule has 1 fully saturated rings. The quantitative estimate of drug-likeness (QED) is 0.912. The predicted molar refractivity (Wildman–Crippen MR) is 69.6 cm³/mol. The number of nitrogens with one attached hydrogen (secondary N) is 1. The highest BCUT2D eigenvalue weighted by atomic mass is 16.3. The first kappa shape index (κ1) is 11.5. The lowest BCUT2D eigenvalue weighted by atomic mass is 9.98. The van der Waals surface area contributed by atoms with Crippen LogP contribution in [0.15, 0.2) is 47.1 Å². The Morgan fingerprint density at radius 2 is 2.00 bits per heavy atom. The maximum atomic E-state index is 11.8. The van der Waals surface area contributed by atoms with Crippen LogP contribution in [-0.4, -0.2) is 5.91 Å². The summed E-state index contributed by atoms with van der Waals surface area (Å²) in [5.74, 6) is -0.000988. The van der Waals surface area contributed by atoms with Crippen molar-refractivity contribution in [3.63, 3.8) is 0 Å². The van der Waals surface area contributed by atoms with Crippen molar-refractivity contribution < 1.29 is 9.21 Å². The van der Waals surface area contributed by atoms with Gasteiger partial charge in [0.2, 0.25) is 0 Å². The second kappa shape index (κ2) is 4.29. The van der Waals surface area contributed by atoms with Crippen LogP contribution in [0.2, 0.25) is 0 Å². The molecule has 3 rings (SSSR count). The van der Waals surface area contributed by atoms with Gasteiger partial charge in [-0.1, -0.05) is 12.1 Å². The number of hydrogen-bond donors (Lipinski definition) is 1. The highest BCUT2D eigenvalue weighted by Crippen LogP contribution is 2.47. The molecule has 1 aliphatic carbocycles. The second-order valence-electron chi connectivity index (χ2n) is 4.70. The third-order valence-electron chi connectivity index (χ3n) is 3.40. The van der Waals surface area contributed by atoms with E-state index in [1.54, 1.807) is 12.1 Å². The molecular weight excluding hydrogens is 240 g/mol. The number of furan rings is 1. The number of carbonyl (C=O) groups excluding carboxylic acids is 1. The Bertz CT molecular complexity index is 632. The Labute approximate surface area is 110 Å². The van der Waals surface area contributed by atoms with E-state index in [-0.39, 0.29) is 17.1 Å². The third kappa shape index (κ3) is 2.11. The van der Waals surface area contributed by atoms with Gasteiger partial charge >= 0.3 is 0 Å². The number of rotatable bonds is 3. The lowest BCUT2D eigenvalue weighted by Gasteiger charge is -2.08. The van der Waals surface area contributed by atoms with Crippen molar-refractivity contribution in [1.82, 2.24) is 0 Å². The summed E-state index contributed by atoms with van der Waals surface area (Å²) in [5.41, 5.74) is 1.42. The molecule has 0 radical (unpaired) electrons. The van der Waals surface area contributed by atoms with Crippen LogP contribution in [0.5, 0.6) is 0 Å². The molecule has 1 saturated carbocycles. The van der Waals surface area contributed by atoms with E-state index in [9.17, 15) is 4.79 Å². The van der Waals surface area contributed by atoms with Crippen LogP contribution in [0, 0.1) is 11.3 Å². The summed E-state index contributed by atoms with van der Waals surface area (Å²) in [6.45, 7) is 0. The molecule has 1 heterocycles. The zero-order valence-electron chi connectivity index (χ0n) is 10.2. The molecule has 0 spiro atoms. The van der Waals surface area contributed by atoms with Crippen LogP contribution < -0.4 is 5.32 Å². The molecule has 1 aromatic carbocycles. The average Bonchev–Trinajstić information content (AvgIpc) is 3.04. The molecule has 4 nitrogen and oxygen atoms in total. The molecule has 0 aliphatic heterocycles. The molecule has 0 atom stereocenters. The van der Waals surface area contributed by atoms with Gasteiger partial charge in [0.15, 0.2) is 5.76 Å². The maximum absolute atomic E-state index is 11.8. The summed E-state index contributed by atoms with van der Waals surface area (Å²) in [5, 5.41) is 11.9. The normalized spacial score (nSPS) is 15.5. The van der Waals surface area contributed by atoms with Crippen LogP contribution in [0.1, 0.15) is 29.0 Å². The van der Waals surface area contributed by atoms with E-state index in [4.69, 9.17) is 9.68 Å². The Morgan fingerprint density at radius 3 is 2.53 bits per heavy atom. The number of nitrogens with zero attached hydrogens (tertiary/aromatic N) is 1. The number of amides is 1. The van der Waals surface area contributed by atoms with Crippen molar-refractivity contribution in [3.05, 3.63) is 54.0 Å². The largest absolute Gasteiger partial charge is 0.459 e. The fourth-order valence-corrected chi connectivity index (χ4v) is 2.06. The Kier molecular flexibility index (Phi) is 2.60. The lowest BCUT2D eigenvalue weighted by Crippen LogP contribution is -2.11. The molecule has 0 bridgehead atoms. The van der Waals surface area contributed by atoms with Crippen LogP contribution in [0.25, 0.3) is 0 Å². The van der Waals surface area contributed by atoms with Gasteiger partial charge in [0.1, 0.15) is 0 Å². The van der Waals surface area contributed by atoms with Gasteiger partial charge in [-0.25, -0.2) is 0 Å². The van der Waals surface area contributed by atoms with E-state index in [0.29, 0.717) is 5.69 Å². The van der Waals surface area contributed by atoms with Gasteiger partial charge in [0.25, 0.3) is 5.91 Å². The number of carbonyl (C=O) groups is 1. The molecular formula is C15H12N2O2. The molecule has 19 heavy (non-hydrogen) atoms. The topological polar surface area (TPSA) is 66.0 Å². The van der Waals surface area contributed by atoms with E-state index in [1.165, 1.54) is 6.26 Å². The Hall–Kier alpha value is -2.54. The van der Waals surface area contributed by atoms with Crippen molar-refractivity contribution in [1.29, 1.82) is 5.26 Å². The highest BCUT2D eigenvalue weighted by molar-refractivity contribution is 6.02. The molecule has 1 N–H and O–H groups in total. The fourth-order valence-electron chi connectivity index (χ4n) is 2.06. The Morgan fingerprint density at radius 1 is 1.26 bits per heavy atom. The molecule has 4 heteroatoms. The molecule has 0 saturated heterocycles. The SMILES string of the molecule is N#CC1(c2ccc(NC(=O)c3ccco3)cc2)CC1. The van der Waals surface area contributed by atoms with E-state index in [2.05, 4.69) is 11.4 Å². The first-order valence-corrected chi connectivity index (χ1v) is 6.10. The number of hydrogen-bond acceptors (Lipinski definition) is 3. The maximum Gasteiger partial charge on any atom is 0.291 e. The first-order chi connectivity index (χ1) is 9.23. The lowest BCUT2D eigenvalue weighted by molar-refractivity contribution is 0.0996. The minimum atomic E-state index is -0.288. The molecule has 1 aromatic heterocycles. The van der Waals surface area contributed by atoms with E-state index < -0.39 is 0 Å². The van der Waals surface area contributed by atoms with Crippen LogP contribution >= 0.6 is 0 Å².